The molecule has 0 radical (unpaired) electrons. The molecule has 2 aromatic carbocycles. The number of aliphatic imine (C=N–C) groups is 1. The second kappa shape index (κ2) is 7.43. The Bertz CT molecular complexity index is 764. The van der Waals surface area contributed by atoms with Crippen LogP contribution >= 0.6 is 35.1 Å². The van der Waals surface area contributed by atoms with E-state index >= 15 is 0 Å². The lowest BCUT2D eigenvalue weighted by atomic mass is 10.2. The minimum absolute atomic E-state index is 0.0561. The van der Waals surface area contributed by atoms with Crippen LogP contribution in [0.4, 0.5) is 11.4 Å². The highest BCUT2D eigenvalue weighted by atomic mass is 35.5. The minimum atomic E-state index is -0.231. The van der Waals surface area contributed by atoms with E-state index in [0.29, 0.717) is 10.7 Å². The predicted octanol–water partition coefficient (Wildman–Crippen LogP) is 5.33. The van der Waals surface area contributed by atoms with Crippen molar-refractivity contribution in [1.29, 1.82) is 0 Å². The molecule has 1 aliphatic heterocycles. The first-order valence-corrected chi connectivity index (χ1v) is 9.38. The molecule has 0 bridgehead atoms. The first-order chi connectivity index (χ1) is 11.1. The SMILES string of the molecule is C[C@H](SC1=Nc2ccccc2CS1)C(=O)Nc1cccc(Cl)c1. The van der Waals surface area contributed by atoms with Crippen molar-refractivity contribution in [2.45, 2.75) is 17.9 Å². The number of para-hydroxylation sites is 1. The maximum Gasteiger partial charge on any atom is 0.237 e. The monoisotopic (exact) mass is 362 g/mol. The van der Waals surface area contributed by atoms with Crippen molar-refractivity contribution in [3.05, 3.63) is 59.1 Å². The third kappa shape index (κ3) is 4.31. The zero-order valence-corrected chi connectivity index (χ0v) is 14.8. The van der Waals surface area contributed by atoms with Gasteiger partial charge in [-0.1, -0.05) is 59.4 Å². The molecule has 1 aliphatic rings. The molecule has 118 valence electrons. The van der Waals surface area contributed by atoms with Gasteiger partial charge in [-0.05, 0) is 36.8 Å². The smallest absolute Gasteiger partial charge is 0.237 e. The molecule has 0 saturated heterocycles. The van der Waals surface area contributed by atoms with Crippen LogP contribution in [0.1, 0.15) is 12.5 Å². The van der Waals surface area contributed by atoms with E-state index in [1.807, 2.05) is 37.3 Å². The molecule has 0 saturated carbocycles. The van der Waals surface area contributed by atoms with E-state index in [4.69, 9.17) is 11.6 Å². The highest BCUT2D eigenvalue weighted by Gasteiger charge is 2.20. The predicted molar refractivity (Wildman–Crippen MR) is 102 cm³/mol. The zero-order valence-electron chi connectivity index (χ0n) is 12.5. The van der Waals surface area contributed by atoms with Gasteiger partial charge in [0, 0.05) is 16.5 Å². The van der Waals surface area contributed by atoms with Gasteiger partial charge >= 0.3 is 0 Å². The Labute approximate surface area is 148 Å². The number of benzene rings is 2. The minimum Gasteiger partial charge on any atom is -0.325 e. The average molecular weight is 363 g/mol. The van der Waals surface area contributed by atoms with Crippen molar-refractivity contribution in [1.82, 2.24) is 0 Å². The molecule has 0 unspecified atom stereocenters. The van der Waals surface area contributed by atoms with Crippen molar-refractivity contribution in [2.75, 3.05) is 5.32 Å². The van der Waals surface area contributed by atoms with Gasteiger partial charge in [0.15, 0.2) is 0 Å². The molecular formula is C17H15ClN2OS2. The van der Waals surface area contributed by atoms with E-state index in [-0.39, 0.29) is 11.2 Å². The van der Waals surface area contributed by atoms with E-state index in [0.717, 1.165) is 15.8 Å². The Morgan fingerprint density at radius 2 is 2.13 bits per heavy atom. The van der Waals surface area contributed by atoms with Gasteiger partial charge in [0.2, 0.25) is 5.91 Å². The van der Waals surface area contributed by atoms with Gasteiger partial charge in [0.25, 0.3) is 0 Å². The number of halogens is 1. The number of hydrogen-bond acceptors (Lipinski definition) is 4. The molecule has 6 heteroatoms. The van der Waals surface area contributed by atoms with Crippen LogP contribution in [0.15, 0.2) is 53.5 Å². The summed E-state index contributed by atoms with van der Waals surface area (Å²) in [7, 11) is 0. The molecule has 0 aliphatic carbocycles. The van der Waals surface area contributed by atoms with Crippen LogP contribution in [-0.2, 0) is 10.5 Å². The number of nitrogens with one attached hydrogen (secondary N) is 1. The maximum atomic E-state index is 12.3. The quantitative estimate of drug-likeness (QED) is 0.801. The Morgan fingerprint density at radius 1 is 1.30 bits per heavy atom. The summed E-state index contributed by atoms with van der Waals surface area (Å²) >= 11 is 9.09. The molecule has 1 N–H and O–H groups in total. The summed E-state index contributed by atoms with van der Waals surface area (Å²) in [6.45, 7) is 1.88. The Morgan fingerprint density at radius 3 is 2.96 bits per heavy atom. The van der Waals surface area contributed by atoms with E-state index < -0.39 is 0 Å². The number of anilines is 1. The van der Waals surface area contributed by atoms with Crippen LogP contribution in [0, 0.1) is 0 Å². The molecule has 2 aromatic rings. The Hall–Kier alpha value is -1.43. The number of fused-ring (bicyclic) bond motifs is 1. The topological polar surface area (TPSA) is 41.5 Å². The summed E-state index contributed by atoms with van der Waals surface area (Å²) < 4.78 is 0.928. The standard InChI is InChI=1S/C17H15ClN2OS2/c1-11(16(21)19-14-7-4-6-13(18)9-14)23-17-20-15-8-3-2-5-12(15)10-22-17/h2-9,11H,10H2,1H3,(H,19,21)/t11-/m0/s1. The normalized spacial score (nSPS) is 14.6. The van der Waals surface area contributed by atoms with Crippen LogP contribution in [0.25, 0.3) is 0 Å². The summed E-state index contributed by atoms with van der Waals surface area (Å²) in [6, 6.07) is 15.2. The summed E-state index contributed by atoms with van der Waals surface area (Å²) in [5, 5.41) is 3.26. The van der Waals surface area contributed by atoms with E-state index in [9.17, 15) is 4.79 Å². The van der Waals surface area contributed by atoms with Crippen molar-refractivity contribution in [3.8, 4) is 0 Å². The molecule has 3 rings (SSSR count). The van der Waals surface area contributed by atoms with Crippen LogP contribution in [-0.4, -0.2) is 15.5 Å². The third-order valence-corrected chi connectivity index (χ3v) is 5.82. The number of amides is 1. The molecule has 0 fully saturated rings. The van der Waals surface area contributed by atoms with Crippen LogP contribution < -0.4 is 5.32 Å². The molecular weight excluding hydrogens is 348 g/mol. The lowest BCUT2D eigenvalue weighted by Gasteiger charge is -2.17. The first kappa shape index (κ1) is 16.4. The van der Waals surface area contributed by atoms with Gasteiger partial charge in [-0.15, -0.1) is 0 Å². The van der Waals surface area contributed by atoms with Gasteiger partial charge in [-0.25, -0.2) is 4.99 Å². The lowest BCUT2D eigenvalue weighted by Crippen LogP contribution is -2.23. The number of carbonyl (C=O) groups is 1. The van der Waals surface area contributed by atoms with Gasteiger partial charge in [-0.3, -0.25) is 4.79 Å². The third-order valence-electron chi connectivity index (χ3n) is 3.29. The Kier molecular flexibility index (Phi) is 5.30. The fraction of sp³-hybridized carbons (Fsp3) is 0.176. The average Bonchev–Trinajstić information content (AvgIpc) is 2.54. The van der Waals surface area contributed by atoms with Crippen molar-refractivity contribution in [3.63, 3.8) is 0 Å². The fourth-order valence-electron chi connectivity index (χ4n) is 2.09. The number of carbonyl (C=O) groups excluding carboxylic acids is 1. The summed E-state index contributed by atoms with van der Waals surface area (Å²) in [6.07, 6.45) is 0. The number of thioether (sulfide) groups is 2. The van der Waals surface area contributed by atoms with E-state index in [2.05, 4.69) is 16.4 Å². The first-order valence-electron chi connectivity index (χ1n) is 7.14. The maximum absolute atomic E-state index is 12.3. The molecule has 1 amide bonds. The molecule has 1 atom stereocenters. The van der Waals surface area contributed by atoms with Crippen molar-refractivity contribution < 1.29 is 4.79 Å². The van der Waals surface area contributed by atoms with Gasteiger partial charge in [0.1, 0.15) is 4.38 Å². The molecule has 1 heterocycles. The number of hydrogen-bond donors (Lipinski definition) is 1. The summed E-state index contributed by atoms with van der Waals surface area (Å²) in [5.41, 5.74) is 2.94. The summed E-state index contributed by atoms with van der Waals surface area (Å²) in [5.74, 6) is 0.837. The largest absolute Gasteiger partial charge is 0.325 e. The zero-order chi connectivity index (χ0) is 16.2. The van der Waals surface area contributed by atoms with Crippen molar-refractivity contribution >= 4 is 56.8 Å². The summed E-state index contributed by atoms with van der Waals surface area (Å²) in [4.78, 5) is 16.9. The second-order valence-corrected chi connectivity index (χ2v) is 8.04. The fourth-order valence-corrected chi connectivity index (χ4v) is 4.47. The molecule has 0 aromatic heterocycles. The van der Waals surface area contributed by atoms with Gasteiger partial charge in [-0.2, -0.15) is 0 Å². The lowest BCUT2D eigenvalue weighted by molar-refractivity contribution is -0.115. The van der Waals surface area contributed by atoms with Gasteiger partial charge < -0.3 is 5.32 Å². The van der Waals surface area contributed by atoms with E-state index in [1.165, 1.54) is 17.3 Å². The van der Waals surface area contributed by atoms with E-state index in [1.54, 1.807) is 23.9 Å². The Balaban J connectivity index is 1.64. The second-order valence-electron chi connectivity index (χ2n) is 5.05. The van der Waals surface area contributed by atoms with Crippen molar-refractivity contribution in [2.24, 2.45) is 4.99 Å². The van der Waals surface area contributed by atoms with Gasteiger partial charge in [0.05, 0.1) is 10.9 Å². The van der Waals surface area contributed by atoms with Crippen LogP contribution in [0.3, 0.4) is 0 Å². The van der Waals surface area contributed by atoms with Crippen LogP contribution in [0.2, 0.25) is 5.02 Å². The highest BCUT2D eigenvalue weighted by Crippen LogP contribution is 2.35. The number of rotatable bonds is 3. The van der Waals surface area contributed by atoms with Crippen LogP contribution in [0.5, 0.6) is 0 Å². The molecule has 0 spiro atoms. The molecule has 3 nitrogen and oxygen atoms in total. The molecule has 23 heavy (non-hydrogen) atoms. The number of nitrogens with zero attached hydrogens (tertiary/aromatic N) is 1. The highest BCUT2D eigenvalue weighted by molar-refractivity contribution is 8.39.